The fourth-order valence-corrected chi connectivity index (χ4v) is 3.25. The van der Waals surface area contributed by atoms with Crippen molar-refractivity contribution in [2.45, 2.75) is 13.0 Å². The Bertz CT molecular complexity index is 1380. The Morgan fingerprint density at radius 2 is 1.79 bits per heavy atom. The van der Waals surface area contributed by atoms with E-state index >= 15 is 0 Å². The molecule has 0 aliphatic carbocycles. The van der Waals surface area contributed by atoms with Crippen molar-refractivity contribution in [1.29, 1.82) is 0 Å². The Morgan fingerprint density at radius 3 is 2.55 bits per heavy atom. The lowest BCUT2D eigenvalue weighted by Gasteiger charge is -2.09. The summed E-state index contributed by atoms with van der Waals surface area (Å²) in [5, 5.41) is 8.90. The predicted molar refractivity (Wildman–Crippen MR) is 112 cm³/mol. The summed E-state index contributed by atoms with van der Waals surface area (Å²) in [4.78, 5) is 4.24. The van der Waals surface area contributed by atoms with E-state index in [2.05, 4.69) is 20.0 Å². The van der Waals surface area contributed by atoms with Crippen LogP contribution in [0, 0.1) is 0 Å². The molecule has 0 bridgehead atoms. The van der Waals surface area contributed by atoms with Gasteiger partial charge in [-0.25, -0.2) is 9.67 Å². The Balaban J connectivity index is 1.33. The molecule has 10 heteroatoms. The van der Waals surface area contributed by atoms with Gasteiger partial charge in [0.05, 0.1) is 11.6 Å². The third-order valence-electron chi connectivity index (χ3n) is 4.75. The molecule has 5 rings (SSSR count). The van der Waals surface area contributed by atoms with Gasteiger partial charge in [-0.3, -0.25) is 0 Å². The maximum atomic E-state index is 12.4. The van der Waals surface area contributed by atoms with E-state index in [0.29, 0.717) is 28.2 Å². The highest BCUT2D eigenvalue weighted by molar-refractivity contribution is 5.87. The average molecular weight is 452 g/mol. The second-order valence-corrected chi connectivity index (χ2v) is 7.04. The van der Waals surface area contributed by atoms with Gasteiger partial charge in [-0.1, -0.05) is 24.3 Å². The first-order valence-electron chi connectivity index (χ1n) is 9.78. The molecule has 0 aliphatic rings. The van der Waals surface area contributed by atoms with Crippen LogP contribution in [0.1, 0.15) is 5.56 Å². The summed E-state index contributed by atoms with van der Waals surface area (Å²) < 4.78 is 53.8. The van der Waals surface area contributed by atoms with Gasteiger partial charge in [0.1, 0.15) is 12.4 Å². The first-order chi connectivity index (χ1) is 15.9. The summed E-state index contributed by atoms with van der Waals surface area (Å²) in [5.74, 6) is 0.703. The number of pyridine rings is 1. The SMILES string of the molecule is FC(F)(F)Oc1ccc(-c2ccc3onc(OCc4cnn(-c5ccccn5)c4)c3c2)cc1. The van der Waals surface area contributed by atoms with E-state index in [-0.39, 0.29) is 12.4 Å². The van der Waals surface area contributed by atoms with Crippen molar-refractivity contribution in [2.75, 3.05) is 0 Å². The molecular weight excluding hydrogens is 437 g/mol. The van der Waals surface area contributed by atoms with Crippen molar-refractivity contribution in [3.05, 3.63) is 84.8 Å². The van der Waals surface area contributed by atoms with Crippen LogP contribution in [0.5, 0.6) is 11.6 Å². The molecule has 0 unspecified atom stereocenters. The van der Waals surface area contributed by atoms with Crippen molar-refractivity contribution >= 4 is 11.0 Å². The van der Waals surface area contributed by atoms with Crippen LogP contribution in [0.15, 0.2) is 83.8 Å². The van der Waals surface area contributed by atoms with E-state index in [1.165, 1.54) is 12.1 Å². The highest BCUT2D eigenvalue weighted by atomic mass is 19.4. The third kappa shape index (κ3) is 4.64. The number of ether oxygens (including phenoxy) is 2. The number of benzene rings is 2. The van der Waals surface area contributed by atoms with Gasteiger partial charge in [-0.05, 0) is 52.7 Å². The molecular formula is C23H15F3N4O3. The number of hydrogen-bond acceptors (Lipinski definition) is 6. The second kappa shape index (κ2) is 8.30. The van der Waals surface area contributed by atoms with E-state index in [1.54, 1.807) is 53.6 Å². The largest absolute Gasteiger partial charge is 0.573 e. The van der Waals surface area contributed by atoms with Crippen molar-refractivity contribution in [3.8, 4) is 28.6 Å². The van der Waals surface area contributed by atoms with Crippen molar-refractivity contribution in [2.24, 2.45) is 0 Å². The summed E-state index contributed by atoms with van der Waals surface area (Å²) in [5.41, 5.74) is 2.80. The number of hydrogen-bond donors (Lipinski definition) is 0. The Morgan fingerprint density at radius 1 is 0.970 bits per heavy atom. The van der Waals surface area contributed by atoms with Gasteiger partial charge in [0.15, 0.2) is 11.4 Å². The van der Waals surface area contributed by atoms with Gasteiger partial charge in [0, 0.05) is 18.0 Å². The molecule has 0 atom stereocenters. The van der Waals surface area contributed by atoms with Gasteiger partial charge in [-0.15, -0.1) is 13.2 Å². The van der Waals surface area contributed by atoms with Crippen LogP contribution in [0.2, 0.25) is 0 Å². The van der Waals surface area contributed by atoms with Crippen molar-refractivity contribution in [3.63, 3.8) is 0 Å². The molecule has 0 saturated carbocycles. The molecule has 33 heavy (non-hydrogen) atoms. The molecule has 0 N–H and O–H groups in total. The van der Waals surface area contributed by atoms with Crippen LogP contribution in [0.25, 0.3) is 27.9 Å². The monoisotopic (exact) mass is 452 g/mol. The summed E-state index contributed by atoms with van der Waals surface area (Å²) in [6.45, 7) is 0.210. The Kier molecular flexibility index (Phi) is 5.17. The van der Waals surface area contributed by atoms with E-state index in [0.717, 1.165) is 11.1 Å². The molecule has 0 amide bonds. The lowest BCUT2D eigenvalue weighted by Crippen LogP contribution is -2.16. The Hall–Kier alpha value is -4.34. The first kappa shape index (κ1) is 20.6. The summed E-state index contributed by atoms with van der Waals surface area (Å²) >= 11 is 0. The molecule has 0 saturated heterocycles. The molecule has 0 aliphatic heterocycles. The predicted octanol–water partition coefficient (Wildman–Crippen LogP) is 5.55. The minimum atomic E-state index is -4.73. The van der Waals surface area contributed by atoms with Crippen LogP contribution >= 0.6 is 0 Å². The van der Waals surface area contributed by atoms with Gasteiger partial charge in [-0.2, -0.15) is 5.10 Å². The zero-order chi connectivity index (χ0) is 22.8. The van der Waals surface area contributed by atoms with Gasteiger partial charge >= 0.3 is 6.36 Å². The first-order valence-corrected chi connectivity index (χ1v) is 9.78. The molecule has 0 radical (unpaired) electrons. The van der Waals surface area contributed by atoms with E-state index in [9.17, 15) is 13.2 Å². The third-order valence-corrected chi connectivity index (χ3v) is 4.75. The van der Waals surface area contributed by atoms with Gasteiger partial charge < -0.3 is 14.0 Å². The Labute approximate surface area is 185 Å². The normalized spacial score (nSPS) is 11.6. The minimum Gasteiger partial charge on any atom is -0.470 e. The number of halogens is 3. The minimum absolute atomic E-state index is 0.210. The molecule has 7 nitrogen and oxygen atoms in total. The van der Waals surface area contributed by atoms with Crippen LogP contribution in [0.3, 0.4) is 0 Å². The van der Waals surface area contributed by atoms with Crippen molar-refractivity contribution in [1.82, 2.24) is 19.9 Å². The highest BCUT2D eigenvalue weighted by Gasteiger charge is 2.31. The van der Waals surface area contributed by atoms with Crippen LogP contribution in [-0.4, -0.2) is 26.3 Å². The summed E-state index contributed by atoms with van der Waals surface area (Å²) in [6, 6.07) is 16.5. The average Bonchev–Trinajstić information content (AvgIpc) is 3.44. The van der Waals surface area contributed by atoms with Crippen LogP contribution in [-0.2, 0) is 6.61 Å². The molecule has 3 aromatic heterocycles. The molecule has 166 valence electrons. The zero-order valence-electron chi connectivity index (χ0n) is 16.9. The number of fused-ring (bicyclic) bond motifs is 1. The fraction of sp³-hybridized carbons (Fsp3) is 0.0870. The summed E-state index contributed by atoms with van der Waals surface area (Å²) in [6.07, 6.45) is 0.431. The number of aromatic nitrogens is 4. The smallest absolute Gasteiger partial charge is 0.470 e. The quantitative estimate of drug-likeness (QED) is 0.336. The topological polar surface area (TPSA) is 75.2 Å². The molecule has 0 spiro atoms. The second-order valence-electron chi connectivity index (χ2n) is 7.04. The molecule has 3 heterocycles. The molecule has 2 aromatic carbocycles. The number of rotatable bonds is 6. The maximum absolute atomic E-state index is 12.4. The van der Waals surface area contributed by atoms with Crippen LogP contribution in [0.4, 0.5) is 13.2 Å². The zero-order valence-corrected chi connectivity index (χ0v) is 16.9. The lowest BCUT2D eigenvalue weighted by atomic mass is 10.0. The van der Waals surface area contributed by atoms with Crippen LogP contribution < -0.4 is 9.47 Å². The highest BCUT2D eigenvalue weighted by Crippen LogP contribution is 2.32. The van der Waals surface area contributed by atoms with Gasteiger partial charge in [0.25, 0.3) is 5.88 Å². The standard InChI is InChI=1S/C23H15F3N4O3/c24-23(25,26)32-18-7-4-16(5-8-18)17-6-9-20-19(11-17)22(29-33-20)31-14-15-12-28-30(13-15)21-3-1-2-10-27-21/h1-13H,14H2. The maximum Gasteiger partial charge on any atom is 0.573 e. The lowest BCUT2D eigenvalue weighted by molar-refractivity contribution is -0.274. The van der Waals surface area contributed by atoms with Crippen molar-refractivity contribution < 1.29 is 27.2 Å². The molecule has 5 aromatic rings. The fourth-order valence-electron chi connectivity index (χ4n) is 3.25. The van der Waals surface area contributed by atoms with E-state index < -0.39 is 6.36 Å². The van der Waals surface area contributed by atoms with E-state index in [1.807, 2.05) is 18.2 Å². The summed E-state index contributed by atoms with van der Waals surface area (Å²) in [7, 11) is 0. The molecule has 0 fully saturated rings. The van der Waals surface area contributed by atoms with E-state index in [4.69, 9.17) is 9.26 Å². The number of alkyl halides is 3. The number of nitrogens with zero attached hydrogens (tertiary/aromatic N) is 4. The van der Waals surface area contributed by atoms with Gasteiger partial charge in [0.2, 0.25) is 0 Å².